The number of carbonyl (C=O) groups is 1. The molecule has 1 aromatic heterocycles. The largest absolute Gasteiger partial charge is 0.333 e. The number of carbonyl (C=O) groups excluding carboxylic acids is 1. The maximum Gasteiger partial charge on any atom is 0.258 e. The van der Waals surface area contributed by atoms with Crippen LogP contribution in [0.15, 0.2) is 47.3 Å². The maximum absolute atomic E-state index is 13.3. The van der Waals surface area contributed by atoms with Gasteiger partial charge < -0.3 is 9.88 Å². The number of amides is 1. The van der Waals surface area contributed by atoms with Gasteiger partial charge in [0, 0.05) is 17.6 Å². The van der Waals surface area contributed by atoms with E-state index in [2.05, 4.69) is 9.97 Å². The minimum atomic E-state index is -0.219. The van der Waals surface area contributed by atoms with Crippen molar-refractivity contribution in [3.63, 3.8) is 0 Å². The molecule has 2 fully saturated rings. The van der Waals surface area contributed by atoms with Crippen LogP contribution in [-0.4, -0.2) is 32.9 Å². The van der Waals surface area contributed by atoms with Crippen LogP contribution in [0.3, 0.4) is 0 Å². The summed E-state index contributed by atoms with van der Waals surface area (Å²) in [6.07, 6.45) is 3.80. The second kappa shape index (κ2) is 6.79. The van der Waals surface area contributed by atoms with Crippen molar-refractivity contribution in [1.82, 2.24) is 14.9 Å². The van der Waals surface area contributed by atoms with E-state index >= 15 is 0 Å². The molecule has 0 spiro atoms. The molecule has 6 heteroatoms. The predicted molar refractivity (Wildman–Crippen MR) is 108 cm³/mol. The molecule has 2 saturated heterocycles. The van der Waals surface area contributed by atoms with Gasteiger partial charge in [-0.05, 0) is 74.4 Å². The van der Waals surface area contributed by atoms with Crippen LogP contribution in [0.25, 0.3) is 10.9 Å². The summed E-state index contributed by atoms with van der Waals surface area (Å²) in [7, 11) is 0. The smallest absolute Gasteiger partial charge is 0.258 e. The van der Waals surface area contributed by atoms with Crippen molar-refractivity contribution in [3.05, 3.63) is 75.6 Å². The highest BCUT2D eigenvalue weighted by atomic mass is 19.1. The molecule has 5 rings (SSSR count). The number of hydrogen-bond acceptors (Lipinski definition) is 3. The van der Waals surface area contributed by atoms with Crippen molar-refractivity contribution in [2.45, 2.75) is 50.6 Å². The molecule has 1 N–H and O–H groups in total. The molecule has 1 unspecified atom stereocenters. The third kappa shape index (κ3) is 3.12. The first-order valence-corrected chi connectivity index (χ1v) is 10.1. The Morgan fingerprint density at radius 1 is 1.10 bits per heavy atom. The van der Waals surface area contributed by atoms with Crippen LogP contribution in [0.4, 0.5) is 4.39 Å². The van der Waals surface area contributed by atoms with Crippen LogP contribution in [0, 0.1) is 12.7 Å². The molecule has 2 aliphatic rings. The molecule has 0 aliphatic carbocycles. The van der Waals surface area contributed by atoms with Crippen LogP contribution >= 0.6 is 0 Å². The number of aromatic nitrogens is 2. The van der Waals surface area contributed by atoms with Crippen LogP contribution in [0.5, 0.6) is 0 Å². The Labute approximate surface area is 167 Å². The first kappa shape index (κ1) is 18.0. The van der Waals surface area contributed by atoms with Crippen molar-refractivity contribution in [2.24, 2.45) is 0 Å². The van der Waals surface area contributed by atoms with Crippen molar-refractivity contribution < 1.29 is 9.18 Å². The molecule has 3 atom stereocenters. The zero-order valence-electron chi connectivity index (χ0n) is 16.2. The summed E-state index contributed by atoms with van der Waals surface area (Å²) in [4.78, 5) is 34.5. The number of hydrogen-bond donors (Lipinski definition) is 1. The number of rotatable bonds is 2. The van der Waals surface area contributed by atoms with Gasteiger partial charge in [-0.2, -0.15) is 0 Å². The molecule has 29 heavy (non-hydrogen) atoms. The highest BCUT2D eigenvalue weighted by molar-refractivity contribution is 5.98. The number of nitrogens with one attached hydrogen (secondary N) is 1. The average Bonchev–Trinajstić information content (AvgIpc) is 2.96. The zero-order valence-corrected chi connectivity index (χ0v) is 16.2. The van der Waals surface area contributed by atoms with Crippen molar-refractivity contribution >= 4 is 16.8 Å². The Hall–Kier alpha value is -3.02. The molecule has 0 saturated carbocycles. The van der Waals surface area contributed by atoms with Gasteiger partial charge in [0.2, 0.25) is 0 Å². The summed E-state index contributed by atoms with van der Waals surface area (Å²) >= 11 is 0. The maximum atomic E-state index is 13.3. The van der Waals surface area contributed by atoms with Gasteiger partial charge in [-0.3, -0.25) is 9.59 Å². The van der Waals surface area contributed by atoms with Crippen molar-refractivity contribution in [3.8, 4) is 0 Å². The molecule has 1 amide bonds. The van der Waals surface area contributed by atoms with Crippen LogP contribution in [0.2, 0.25) is 0 Å². The van der Waals surface area contributed by atoms with E-state index in [4.69, 9.17) is 0 Å². The highest BCUT2D eigenvalue weighted by Crippen LogP contribution is 2.43. The lowest BCUT2D eigenvalue weighted by molar-refractivity contribution is 0.0571. The molecule has 5 nitrogen and oxygen atoms in total. The Bertz CT molecular complexity index is 1140. The highest BCUT2D eigenvalue weighted by Gasteiger charge is 2.43. The summed E-state index contributed by atoms with van der Waals surface area (Å²) in [5.74, 6) is 0.684. The molecule has 0 radical (unpaired) electrons. The van der Waals surface area contributed by atoms with Gasteiger partial charge >= 0.3 is 0 Å². The summed E-state index contributed by atoms with van der Waals surface area (Å²) in [6.45, 7) is 1.73. The van der Waals surface area contributed by atoms with Crippen LogP contribution in [0.1, 0.15) is 53.3 Å². The quantitative estimate of drug-likeness (QED) is 0.720. The van der Waals surface area contributed by atoms with E-state index in [0.717, 1.165) is 31.2 Å². The lowest BCUT2D eigenvalue weighted by Crippen LogP contribution is -2.46. The van der Waals surface area contributed by atoms with Gasteiger partial charge in [0.15, 0.2) is 0 Å². The van der Waals surface area contributed by atoms with Crippen molar-refractivity contribution in [2.75, 3.05) is 0 Å². The number of fused-ring (bicyclic) bond motifs is 3. The Morgan fingerprint density at radius 3 is 2.48 bits per heavy atom. The van der Waals surface area contributed by atoms with Crippen molar-refractivity contribution in [1.29, 1.82) is 0 Å². The number of halogens is 1. The summed E-state index contributed by atoms with van der Waals surface area (Å²) in [5, 5.41) is 0.491. The van der Waals surface area contributed by atoms with Gasteiger partial charge in [-0.25, -0.2) is 9.37 Å². The standard InChI is InChI=1S/C23H22FN3O2/c1-13-25-21-12-15(4-9-20(21)22(28)26-13)23(29)27-18-7-8-19(27)11-16(10-18)14-2-5-17(24)6-3-14/h2-6,9,12,16,18-19H,7-8,10-11H2,1H3,(H,25,26,28)/t16?,18-,19+. The van der Waals surface area contributed by atoms with Crippen LogP contribution in [-0.2, 0) is 0 Å². The molecular weight excluding hydrogens is 369 g/mol. The molecule has 2 aliphatic heterocycles. The third-order valence-electron chi connectivity index (χ3n) is 6.38. The minimum absolute atomic E-state index is 0.0108. The zero-order chi connectivity index (χ0) is 20.1. The topological polar surface area (TPSA) is 66.1 Å². The lowest BCUT2D eigenvalue weighted by atomic mass is 9.85. The second-order valence-electron chi connectivity index (χ2n) is 8.20. The third-order valence-corrected chi connectivity index (χ3v) is 6.38. The Kier molecular flexibility index (Phi) is 4.23. The molecular formula is C23H22FN3O2. The molecule has 3 aromatic rings. The molecule has 2 bridgehead atoms. The Morgan fingerprint density at radius 2 is 1.79 bits per heavy atom. The fraction of sp³-hybridized carbons (Fsp3) is 0.348. The first-order valence-electron chi connectivity index (χ1n) is 10.1. The Balaban J connectivity index is 1.42. The number of aryl methyl sites for hydroxylation is 1. The van der Waals surface area contributed by atoms with E-state index in [-0.39, 0.29) is 29.4 Å². The van der Waals surface area contributed by atoms with E-state index in [0.29, 0.717) is 28.2 Å². The monoisotopic (exact) mass is 391 g/mol. The number of H-pyrrole nitrogens is 1. The van der Waals surface area contributed by atoms with Gasteiger partial charge in [0.1, 0.15) is 11.6 Å². The SMILES string of the molecule is Cc1nc2cc(C(=O)N3[C@@H]4CC[C@H]3CC(c3ccc(F)cc3)C4)ccc2c(=O)[nH]1. The fourth-order valence-electron chi connectivity index (χ4n) is 5.05. The average molecular weight is 391 g/mol. The molecule has 148 valence electrons. The number of nitrogens with zero attached hydrogens (tertiary/aromatic N) is 2. The summed E-state index contributed by atoms with van der Waals surface area (Å²) in [5.41, 5.74) is 2.09. The van der Waals surface area contributed by atoms with Gasteiger partial charge in [0.25, 0.3) is 11.5 Å². The van der Waals surface area contributed by atoms with E-state index in [9.17, 15) is 14.0 Å². The summed E-state index contributed by atoms with van der Waals surface area (Å²) in [6, 6.07) is 12.3. The molecule has 3 heterocycles. The van der Waals surface area contributed by atoms with Gasteiger partial charge in [0.05, 0.1) is 10.9 Å². The number of benzene rings is 2. The predicted octanol–water partition coefficient (Wildman–Crippen LogP) is 3.92. The van der Waals surface area contributed by atoms with E-state index in [1.807, 2.05) is 17.0 Å². The second-order valence-corrected chi connectivity index (χ2v) is 8.20. The van der Waals surface area contributed by atoms with Gasteiger partial charge in [-0.15, -0.1) is 0 Å². The lowest BCUT2D eigenvalue weighted by Gasteiger charge is -2.39. The van der Waals surface area contributed by atoms with E-state index < -0.39 is 0 Å². The molecule has 2 aromatic carbocycles. The normalized spacial score (nSPS) is 23.5. The van der Waals surface area contributed by atoms with Crippen LogP contribution < -0.4 is 5.56 Å². The first-order chi connectivity index (χ1) is 14.0. The number of piperidine rings is 1. The minimum Gasteiger partial charge on any atom is -0.333 e. The fourth-order valence-corrected chi connectivity index (χ4v) is 5.05. The van der Waals surface area contributed by atoms with E-state index in [1.54, 1.807) is 25.1 Å². The van der Waals surface area contributed by atoms with Gasteiger partial charge in [-0.1, -0.05) is 12.1 Å². The van der Waals surface area contributed by atoms with E-state index in [1.165, 1.54) is 12.1 Å². The summed E-state index contributed by atoms with van der Waals surface area (Å²) < 4.78 is 13.3. The number of aromatic amines is 1.